The maximum atomic E-state index is 11.8. The molecule has 1 fully saturated rings. The van der Waals surface area contributed by atoms with Crippen LogP contribution in [0.15, 0.2) is 12.1 Å². The monoisotopic (exact) mass is 307 g/mol. The SMILES string of the molecule is CCCc1cc(CC2SCNC2=O)cc(C(C)(C)C)c1O. The van der Waals surface area contributed by atoms with Crippen LogP contribution in [-0.4, -0.2) is 22.1 Å². The van der Waals surface area contributed by atoms with Crippen molar-refractivity contribution in [3.8, 4) is 5.75 Å². The van der Waals surface area contributed by atoms with E-state index in [1.54, 1.807) is 11.8 Å². The summed E-state index contributed by atoms with van der Waals surface area (Å²) in [7, 11) is 0. The summed E-state index contributed by atoms with van der Waals surface area (Å²) in [6, 6.07) is 4.14. The Labute approximate surface area is 131 Å². The molecule has 0 radical (unpaired) electrons. The molecule has 0 spiro atoms. The molecule has 4 heteroatoms. The maximum Gasteiger partial charge on any atom is 0.234 e. The van der Waals surface area contributed by atoms with Gasteiger partial charge in [-0.15, -0.1) is 11.8 Å². The number of amides is 1. The number of hydrogen-bond acceptors (Lipinski definition) is 3. The molecule has 1 aromatic rings. The molecule has 1 aliphatic rings. The topological polar surface area (TPSA) is 49.3 Å². The Morgan fingerprint density at radius 3 is 2.62 bits per heavy atom. The second-order valence-electron chi connectivity index (χ2n) is 6.70. The standard InChI is InChI=1S/C17H25NO2S/c1-5-6-12-7-11(9-14-16(20)18-10-21-14)8-13(15(12)19)17(2,3)4/h7-8,14,19H,5-6,9-10H2,1-4H3,(H,18,20). The molecule has 2 N–H and O–H groups in total. The number of aromatic hydroxyl groups is 1. The molecule has 0 bridgehead atoms. The van der Waals surface area contributed by atoms with E-state index in [1.165, 1.54) is 0 Å². The van der Waals surface area contributed by atoms with Gasteiger partial charge in [0.25, 0.3) is 0 Å². The van der Waals surface area contributed by atoms with Crippen LogP contribution in [0.4, 0.5) is 0 Å². The van der Waals surface area contributed by atoms with Gasteiger partial charge in [0, 0.05) is 0 Å². The number of aryl methyl sites for hydroxylation is 1. The normalized spacial score (nSPS) is 18.9. The van der Waals surface area contributed by atoms with Crippen molar-refractivity contribution in [3.05, 3.63) is 28.8 Å². The van der Waals surface area contributed by atoms with Crippen LogP contribution in [0.5, 0.6) is 5.75 Å². The third-order valence-electron chi connectivity index (χ3n) is 3.82. The first-order valence-electron chi connectivity index (χ1n) is 7.57. The molecule has 1 unspecified atom stereocenters. The molecule has 3 nitrogen and oxygen atoms in total. The smallest absolute Gasteiger partial charge is 0.234 e. The van der Waals surface area contributed by atoms with E-state index in [4.69, 9.17) is 0 Å². The van der Waals surface area contributed by atoms with Gasteiger partial charge < -0.3 is 10.4 Å². The van der Waals surface area contributed by atoms with Crippen molar-refractivity contribution in [2.75, 3.05) is 5.88 Å². The first-order valence-corrected chi connectivity index (χ1v) is 8.62. The minimum atomic E-state index is -0.104. The second-order valence-corrected chi connectivity index (χ2v) is 7.89. The summed E-state index contributed by atoms with van der Waals surface area (Å²) in [6.45, 7) is 8.44. The minimum Gasteiger partial charge on any atom is -0.507 e. The first-order chi connectivity index (χ1) is 9.82. The molecule has 0 aromatic heterocycles. The maximum absolute atomic E-state index is 11.8. The zero-order chi connectivity index (χ0) is 15.6. The van der Waals surface area contributed by atoms with Gasteiger partial charge in [-0.1, -0.05) is 46.2 Å². The van der Waals surface area contributed by atoms with Crippen molar-refractivity contribution in [3.63, 3.8) is 0 Å². The Balaban J connectivity index is 2.36. The van der Waals surface area contributed by atoms with Crippen LogP contribution in [0, 0.1) is 0 Å². The Morgan fingerprint density at radius 2 is 2.10 bits per heavy atom. The van der Waals surface area contributed by atoms with Gasteiger partial charge in [-0.25, -0.2) is 0 Å². The van der Waals surface area contributed by atoms with Crippen molar-refractivity contribution >= 4 is 17.7 Å². The fourth-order valence-electron chi connectivity index (χ4n) is 2.68. The lowest BCUT2D eigenvalue weighted by molar-refractivity contribution is -0.119. The molecule has 1 aliphatic heterocycles. The number of hydrogen-bond donors (Lipinski definition) is 2. The van der Waals surface area contributed by atoms with E-state index in [0.29, 0.717) is 11.6 Å². The molecule has 0 aliphatic carbocycles. The van der Waals surface area contributed by atoms with Gasteiger partial charge in [-0.3, -0.25) is 4.79 Å². The predicted octanol–water partition coefficient (Wildman–Crippen LogP) is 3.37. The van der Waals surface area contributed by atoms with Gasteiger partial charge in [-0.2, -0.15) is 0 Å². The molecule has 0 saturated carbocycles. The highest BCUT2D eigenvalue weighted by molar-refractivity contribution is 8.01. The highest BCUT2D eigenvalue weighted by Crippen LogP contribution is 2.36. The van der Waals surface area contributed by atoms with Crippen molar-refractivity contribution in [2.45, 2.75) is 57.6 Å². The zero-order valence-corrected chi connectivity index (χ0v) is 14.1. The van der Waals surface area contributed by atoms with Crippen LogP contribution in [-0.2, 0) is 23.1 Å². The Hall–Kier alpha value is -1.16. The number of carbonyl (C=O) groups excluding carboxylic acids is 1. The third kappa shape index (κ3) is 3.73. The van der Waals surface area contributed by atoms with Gasteiger partial charge >= 0.3 is 0 Å². The Bertz CT molecular complexity index is 534. The Kier molecular flexibility index (Phi) is 4.87. The zero-order valence-electron chi connectivity index (χ0n) is 13.3. The summed E-state index contributed by atoms with van der Waals surface area (Å²) >= 11 is 1.66. The van der Waals surface area contributed by atoms with Crippen LogP contribution in [0.25, 0.3) is 0 Å². The molecule has 1 amide bonds. The highest BCUT2D eigenvalue weighted by Gasteiger charge is 2.27. The molecule has 21 heavy (non-hydrogen) atoms. The van der Waals surface area contributed by atoms with E-state index >= 15 is 0 Å². The lowest BCUT2D eigenvalue weighted by Crippen LogP contribution is -2.24. The second kappa shape index (κ2) is 6.30. The molecule has 116 valence electrons. The van der Waals surface area contributed by atoms with E-state index in [1.807, 2.05) is 0 Å². The van der Waals surface area contributed by atoms with Crippen molar-refractivity contribution < 1.29 is 9.90 Å². The number of benzene rings is 1. The summed E-state index contributed by atoms with van der Waals surface area (Å²) in [4.78, 5) is 11.8. The van der Waals surface area contributed by atoms with Gasteiger partial charge in [0.1, 0.15) is 5.75 Å². The summed E-state index contributed by atoms with van der Waals surface area (Å²) in [5.41, 5.74) is 3.03. The fourth-order valence-corrected chi connectivity index (χ4v) is 3.65. The number of phenolic OH excluding ortho intramolecular Hbond substituents is 1. The van der Waals surface area contributed by atoms with Crippen LogP contribution >= 0.6 is 11.8 Å². The number of thioether (sulfide) groups is 1. The minimum absolute atomic E-state index is 0.00293. The van der Waals surface area contributed by atoms with Crippen LogP contribution in [0.1, 0.15) is 50.8 Å². The van der Waals surface area contributed by atoms with E-state index in [2.05, 4.69) is 45.1 Å². The fraction of sp³-hybridized carbons (Fsp3) is 0.588. The van der Waals surface area contributed by atoms with Gasteiger partial charge in [0.05, 0.1) is 11.1 Å². The lowest BCUT2D eigenvalue weighted by atomic mass is 9.83. The molecule has 1 heterocycles. The van der Waals surface area contributed by atoms with Gasteiger partial charge in [-0.05, 0) is 34.9 Å². The average Bonchev–Trinajstić information content (AvgIpc) is 2.78. The van der Waals surface area contributed by atoms with E-state index < -0.39 is 0 Å². The van der Waals surface area contributed by atoms with Crippen molar-refractivity contribution in [1.29, 1.82) is 0 Å². The van der Waals surface area contributed by atoms with E-state index in [9.17, 15) is 9.90 Å². The Morgan fingerprint density at radius 1 is 1.38 bits per heavy atom. The van der Waals surface area contributed by atoms with Crippen LogP contribution in [0.2, 0.25) is 0 Å². The first kappa shape index (κ1) is 16.2. The summed E-state index contributed by atoms with van der Waals surface area (Å²) in [5, 5.41) is 13.4. The number of rotatable bonds is 4. The summed E-state index contributed by atoms with van der Waals surface area (Å²) in [6.07, 6.45) is 2.60. The van der Waals surface area contributed by atoms with Gasteiger partial charge in [0.2, 0.25) is 5.91 Å². The summed E-state index contributed by atoms with van der Waals surface area (Å²) in [5.74, 6) is 1.26. The highest BCUT2D eigenvalue weighted by atomic mass is 32.2. The lowest BCUT2D eigenvalue weighted by Gasteiger charge is -2.24. The van der Waals surface area contributed by atoms with Gasteiger partial charge in [0.15, 0.2) is 0 Å². The van der Waals surface area contributed by atoms with Crippen LogP contribution in [0.3, 0.4) is 0 Å². The molecule has 1 atom stereocenters. The number of nitrogens with one attached hydrogen (secondary N) is 1. The predicted molar refractivity (Wildman–Crippen MR) is 88.9 cm³/mol. The molecular formula is C17H25NO2S. The quantitative estimate of drug-likeness (QED) is 0.896. The van der Waals surface area contributed by atoms with Crippen molar-refractivity contribution in [2.24, 2.45) is 0 Å². The number of carbonyl (C=O) groups is 1. The van der Waals surface area contributed by atoms with E-state index in [0.717, 1.165) is 36.0 Å². The summed E-state index contributed by atoms with van der Waals surface area (Å²) < 4.78 is 0. The van der Waals surface area contributed by atoms with Crippen LogP contribution < -0.4 is 5.32 Å². The molecular weight excluding hydrogens is 282 g/mol. The number of phenols is 1. The van der Waals surface area contributed by atoms with E-state index in [-0.39, 0.29) is 16.6 Å². The molecule has 1 aromatic carbocycles. The van der Waals surface area contributed by atoms with Crippen molar-refractivity contribution in [1.82, 2.24) is 5.32 Å². The largest absolute Gasteiger partial charge is 0.507 e. The third-order valence-corrected chi connectivity index (χ3v) is 4.91. The average molecular weight is 307 g/mol. The molecule has 2 rings (SSSR count). The molecule has 1 saturated heterocycles.